The Balaban J connectivity index is 1.54. The van der Waals surface area contributed by atoms with Crippen molar-refractivity contribution in [3.05, 3.63) is 42.0 Å². The summed E-state index contributed by atoms with van der Waals surface area (Å²) in [6.07, 6.45) is 6.58. The van der Waals surface area contributed by atoms with Crippen molar-refractivity contribution in [2.75, 3.05) is 5.32 Å². The van der Waals surface area contributed by atoms with Crippen molar-refractivity contribution in [3.8, 4) is 0 Å². The molecule has 110 valence electrons. The highest BCUT2D eigenvalue weighted by Crippen LogP contribution is 2.24. The molecule has 3 rings (SSSR count). The maximum atomic E-state index is 12.0. The van der Waals surface area contributed by atoms with Crippen molar-refractivity contribution in [3.63, 3.8) is 0 Å². The molecule has 2 N–H and O–H groups in total. The number of aromatic nitrogens is 3. The van der Waals surface area contributed by atoms with Gasteiger partial charge in [0, 0.05) is 11.7 Å². The van der Waals surface area contributed by atoms with E-state index in [4.69, 9.17) is 0 Å². The minimum absolute atomic E-state index is 0.0267. The van der Waals surface area contributed by atoms with E-state index < -0.39 is 0 Å². The number of fused-ring (bicyclic) bond motifs is 1. The van der Waals surface area contributed by atoms with Crippen LogP contribution in [0.25, 0.3) is 0 Å². The molecule has 0 spiro atoms. The molecule has 1 aromatic carbocycles. The molecule has 0 bridgehead atoms. The highest BCUT2D eigenvalue weighted by Gasteiger charge is 2.12. The summed E-state index contributed by atoms with van der Waals surface area (Å²) in [4.78, 5) is 15.9. The van der Waals surface area contributed by atoms with Crippen molar-refractivity contribution in [1.82, 2.24) is 20.1 Å². The van der Waals surface area contributed by atoms with Gasteiger partial charge < -0.3 is 10.6 Å². The molecule has 2 aromatic rings. The van der Waals surface area contributed by atoms with E-state index in [1.54, 1.807) is 11.0 Å². The van der Waals surface area contributed by atoms with Crippen LogP contribution in [0, 0.1) is 0 Å². The van der Waals surface area contributed by atoms with Crippen LogP contribution in [0.4, 0.5) is 10.5 Å². The predicted octanol–water partition coefficient (Wildman–Crippen LogP) is 1.98. The Labute approximate surface area is 123 Å². The van der Waals surface area contributed by atoms with Crippen LogP contribution in [-0.4, -0.2) is 26.8 Å². The van der Waals surface area contributed by atoms with Gasteiger partial charge >= 0.3 is 6.03 Å². The monoisotopic (exact) mass is 285 g/mol. The third kappa shape index (κ3) is 3.39. The second-order valence-electron chi connectivity index (χ2n) is 5.45. The number of aryl methyl sites for hydroxylation is 2. The molecule has 1 unspecified atom stereocenters. The first-order valence-corrected chi connectivity index (χ1v) is 7.22. The fourth-order valence-corrected chi connectivity index (χ4v) is 2.69. The molecule has 6 nitrogen and oxygen atoms in total. The topological polar surface area (TPSA) is 71.8 Å². The van der Waals surface area contributed by atoms with Crippen LogP contribution in [0.15, 0.2) is 30.9 Å². The number of hydrogen-bond donors (Lipinski definition) is 2. The zero-order chi connectivity index (χ0) is 14.7. The molecule has 1 aliphatic carbocycles. The average molecular weight is 285 g/mol. The van der Waals surface area contributed by atoms with Crippen molar-refractivity contribution in [2.45, 2.75) is 38.8 Å². The van der Waals surface area contributed by atoms with Crippen molar-refractivity contribution in [1.29, 1.82) is 0 Å². The number of carbonyl (C=O) groups is 1. The van der Waals surface area contributed by atoms with E-state index in [0.29, 0.717) is 6.54 Å². The standard InChI is InChI=1S/C15H19N5O/c1-11(8-20-10-16-9-17-20)18-15(21)19-14-6-5-12-3-2-4-13(12)7-14/h5-7,9-11H,2-4,8H2,1H3,(H2,18,19,21). The quantitative estimate of drug-likeness (QED) is 0.902. The Morgan fingerprint density at radius 1 is 1.38 bits per heavy atom. The smallest absolute Gasteiger partial charge is 0.319 e. The van der Waals surface area contributed by atoms with Gasteiger partial charge in [0.05, 0.1) is 6.54 Å². The minimum atomic E-state index is -0.194. The highest BCUT2D eigenvalue weighted by atomic mass is 16.2. The number of anilines is 1. The maximum absolute atomic E-state index is 12.0. The van der Waals surface area contributed by atoms with E-state index >= 15 is 0 Å². The van der Waals surface area contributed by atoms with Gasteiger partial charge in [0.15, 0.2) is 0 Å². The van der Waals surface area contributed by atoms with Crippen LogP contribution in [0.3, 0.4) is 0 Å². The Morgan fingerprint density at radius 2 is 2.24 bits per heavy atom. The molecular weight excluding hydrogens is 266 g/mol. The number of rotatable bonds is 4. The molecule has 1 heterocycles. The highest BCUT2D eigenvalue weighted by molar-refractivity contribution is 5.89. The molecule has 0 aliphatic heterocycles. The third-order valence-electron chi connectivity index (χ3n) is 3.66. The summed E-state index contributed by atoms with van der Waals surface area (Å²) in [6.45, 7) is 2.53. The van der Waals surface area contributed by atoms with Gasteiger partial charge in [-0.25, -0.2) is 9.78 Å². The summed E-state index contributed by atoms with van der Waals surface area (Å²) in [5.74, 6) is 0. The number of benzene rings is 1. The molecule has 1 aromatic heterocycles. The molecule has 1 atom stereocenters. The molecule has 0 saturated carbocycles. The van der Waals surface area contributed by atoms with Crippen LogP contribution >= 0.6 is 0 Å². The summed E-state index contributed by atoms with van der Waals surface area (Å²) in [7, 11) is 0. The van der Waals surface area contributed by atoms with E-state index in [0.717, 1.165) is 18.5 Å². The van der Waals surface area contributed by atoms with Gasteiger partial charge in [0.1, 0.15) is 12.7 Å². The second-order valence-corrected chi connectivity index (χ2v) is 5.45. The molecule has 0 radical (unpaired) electrons. The van der Waals surface area contributed by atoms with E-state index in [-0.39, 0.29) is 12.1 Å². The Hall–Kier alpha value is -2.37. The fraction of sp³-hybridized carbons (Fsp3) is 0.400. The zero-order valence-electron chi connectivity index (χ0n) is 12.0. The Morgan fingerprint density at radius 3 is 3.05 bits per heavy atom. The number of nitrogens with zero attached hydrogens (tertiary/aromatic N) is 3. The van der Waals surface area contributed by atoms with Crippen molar-refractivity contribution >= 4 is 11.7 Å². The van der Waals surface area contributed by atoms with Gasteiger partial charge in [-0.05, 0) is 49.4 Å². The van der Waals surface area contributed by atoms with E-state index in [2.05, 4.69) is 32.8 Å². The average Bonchev–Trinajstić information content (AvgIpc) is 3.08. The Bertz CT molecular complexity index is 623. The van der Waals surface area contributed by atoms with Gasteiger partial charge in [-0.1, -0.05) is 6.07 Å². The largest absolute Gasteiger partial charge is 0.334 e. The predicted molar refractivity (Wildman–Crippen MR) is 80.1 cm³/mol. The lowest BCUT2D eigenvalue weighted by Crippen LogP contribution is -2.38. The van der Waals surface area contributed by atoms with Crippen LogP contribution in [0.2, 0.25) is 0 Å². The number of amides is 2. The first-order valence-electron chi connectivity index (χ1n) is 7.22. The summed E-state index contributed by atoms with van der Waals surface area (Å²) in [5.41, 5.74) is 3.60. The third-order valence-corrected chi connectivity index (χ3v) is 3.66. The van der Waals surface area contributed by atoms with Gasteiger partial charge in [0.2, 0.25) is 0 Å². The molecule has 0 fully saturated rings. The summed E-state index contributed by atoms with van der Waals surface area (Å²) >= 11 is 0. The lowest BCUT2D eigenvalue weighted by Gasteiger charge is -2.15. The van der Waals surface area contributed by atoms with E-state index in [1.165, 1.54) is 23.9 Å². The molecule has 6 heteroatoms. The van der Waals surface area contributed by atoms with Crippen LogP contribution in [0.1, 0.15) is 24.5 Å². The first-order chi connectivity index (χ1) is 10.2. The number of nitrogens with one attached hydrogen (secondary N) is 2. The zero-order valence-corrected chi connectivity index (χ0v) is 12.0. The number of carbonyl (C=O) groups excluding carboxylic acids is 1. The molecular formula is C15H19N5O. The van der Waals surface area contributed by atoms with Gasteiger partial charge in [0.25, 0.3) is 0 Å². The molecule has 1 aliphatic rings. The second kappa shape index (κ2) is 5.95. The lowest BCUT2D eigenvalue weighted by atomic mass is 10.1. The molecule has 0 saturated heterocycles. The van der Waals surface area contributed by atoms with Gasteiger partial charge in [-0.2, -0.15) is 5.10 Å². The van der Waals surface area contributed by atoms with Gasteiger partial charge in [-0.15, -0.1) is 0 Å². The van der Waals surface area contributed by atoms with Crippen LogP contribution < -0.4 is 10.6 Å². The summed E-state index contributed by atoms with van der Waals surface area (Å²) < 4.78 is 1.69. The Kier molecular flexibility index (Phi) is 3.85. The minimum Gasteiger partial charge on any atom is -0.334 e. The number of hydrogen-bond acceptors (Lipinski definition) is 3. The summed E-state index contributed by atoms with van der Waals surface area (Å²) in [5, 5.41) is 9.80. The number of urea groups is 1. The first kappa shape index (κ1) is 13.6. The van der Waals surface area contributed by atoms with Gasteiger partial charge in [-0.3, -0.25) is 4.68 Å². The van der Waals surface area contributed by atoms with Crippen LogP contribution in [-0.2, 0) is 19.4 Å². The van der Waals surface area contributed by atoms with Crippen molar-refractivity contribution in [2.24, 2.45) is 0 Å². The molecule has 21 heavy (non-hydrogen) atoms. The van der Waals surface area contributed by atoms with E-state index in [9.17, 15) is 4.79 Å². The summed E-state index contributed by atoms with van der Waals surface area (Å²) in [6, 6.07) is 5.92. The van der Waals surface area contributed by atoms with Crippen LogP contribution in [0.5, 0.6) is 0 Å². The fourth-order valence-electron chi connectivity index (χ4n) is 2.69. The SMILES string of the molecule is CC(Cn1cncn1)NC(=O)Nc1ccc2c(c1)CCC2. The maximum Gasteiger partial charge on any atom is 0.319 e. The van der Waals surface area contributed by atoms with E-state index in [1.807, 2.05) is 13.0 Å². The van der Waals surface area contributed by atoms with Crippen molar-refractivity contribution < 1.29 is 4.79 Å². The lowest BCUT2D eigenvalue weighted by molar-refractivity contribution is 0.247. The normalized spacial score (nSPS) is 14.5. The molecule has 2 amide bonds.